The number of likely N-dealkylation sites (tertiary alicyclic amines) is 1. The highest BCUT2D eigenvalue weighted by Gasteiger charge is 2.26. The Labute approximate surface area is 166 Å². The van der Waals surface area contributed by atoms with E-state index in [1.165, 1.54) is 25.8 Å². The fourth-order valence-corrected chi connectivity index (χ4v) is 3.90. The second kappa shape index (κ2) is 9.24. The molecule has 2 aliphatic rings. The van der Waals surface area contributed by atoms with Gasteiger partial charge in [0.15, 0.2) is 11.2 Å². The highest BCUT2D eigenvalue weighted by atomic mass is 16.6. The van der Waals surface area contributed by atoms with E-state index < -0.39 is 0 Å². The standard InChI is InChI=1S/C15H22N2O2.C7H9NO/c1-11-5-3-4-8-17(11)12(2)13-6-7-14-15(16-13)19-10-9-18-14;1-5-3-7(9)4-6(2)8-5/h6-7,11-12H,3-5,8-10H2,1-2H3;3-4H,1-2H3,(H,8,9)/t11-,12?;/m1./s1. The number of H-pyrrole nitrogens is 1. The van der Waals surface area contributed by atoms with Gasteiger partial charge in [0.1, 0.15) is 13.2 Å². The highest BCUT2D eigenvalue weighted by Crippen LogP contribution is 2.32. The molecule has 1 fully saturated rings. The first-order chi connectivity index (χ1) is 13.4. The number of nitrogens with zero attached hydrogens (tertiary/aromatic N) is 2. The number of pyridine rings is 2. The molecule has 0 amide bonds. The third kappa shape index (κ3) is 5.13. The van der Waals surface area contributed by atoms with E-state index in [0.29, 0.717) is 31.2 Å². The van der Waals surface area contributed by atoms with E-state index >= 15 is 0 Å². The van der Waals surface area contributed by atoms with Crippen LogP contribution in [0.4, 0.5) is 0 Å². The molecule has 4 heterocycles. The number of ether oxygens (including phenoxy) is 2. The molecule has 28 heavy (non-hydrogen) atoms. The van der Waals surface area contributed by atoms with Gasteiger partial charge in [0.2, 0.25) is 0 Å². The summed E-state index contributed by atoms with van der Waals surface area (Å²) in [6, 6.07) is 8.19. The lowest BCUT2D eigenvalue weighted by Crippen LogP contribution is -2.39. The predicted molar refractivity (Wildman–Crippen MR) is 110 cm³/mol. The Hall–Kier alpha value is -2.34. The van der Waals surface area contributed by atoms with E-state index in [-0.39, 0.29) is 5.43 Å². The van der Waals surface area contributed by atoms with E-state index in [1.807, 2.05) is 19.9 Å². The Balaban J connectivity index is 0.000000211. The molecule has 0 spiro atoms. The number of nitrogens with one attached hydrogen (secondary N) is 1. The molecule has 0 aromatic carbocycles. The summed E-state index contributed by atoms with van der Waals surface area (Å²) >= 11 is 0. The summed E-state index contributed by atoms with van der Waals surface area (Å²) in [5.41, 5.74) is 2.99. The van der Waals surface area contributed by atoms with Crippen molar-refractivity contribution in [3.8, 4) is 11.6 Å². The second-order valence-corrected chi connectivity index (χ2v) is 7.68. The molecule has 1 saturated heterocycles. The maximum atomic E-state index is 10.7. The van der Waals surface area contributed by atoms with Crippen molar-refractivity contribution in [3.05, 3.63) is 51.6 Å². The Morgan fingerprint density at radius 3 is 2.54 bits per heavy atom. The van der Waals surface area contributed by atoms with Gasteiger partial charge in [-0.15, -0.1) is 0 Å². The normalized spacial score (nSPS) is 20.1. The maximum Gasteiger partial charge on any atom is 0.257 e. The lowest BCUT2D eigenvalue weighted by atomic mass is 10.0. The van der Waals surface area contributed by atoms with Crippen LogP contribution in [0.3, 0.4) is 0 Å². The van der Waals surface area contributed by atoms with E-state index in [1.54, 1.807) is 12.1 Å². The maximum absolute atomic E-state index is 10.7. The quantitative estimate of drug-likeness (QED) is 0.852. The van der Waals surface area contributed by atoms with Gasteiger partial charge < -0.3 is 14.5 Å². The van der Waals surface area contributed by atoms with E-state index in [9.17, 15) is 4.79 Å². The topological polar surface area (TPSA) is 67.5 Å². The van der Waals surface area contributed by atoms with E-state index in [2.05, 4.69) is 34.8 Å². The number of aromatic nitrogens is 2. The van der Waals surface area contributed by atoms with Crippen LogP contribution in [0.5, 0.6) is 11.6 Å². The number of fused-ring (bicyclic) bond motifs is 1. The Morgan fingerprint density at radius 1 is 1.14 bits per heavy atom. The van der Waals surface area contributed by atoms with Gasteiger partial charge in [-0.05, 0) is 59.2 Å². The minimum Gasteiger partial charge on any atom is -0.484 e. The first kappa shape index (κ1) is 20.4. The first-order valence-corrected chi connectivity index (χ1v) is 10.1. The smallest absolute Gasteiger partial charge is 0.257 e. The van der Waals surface area contributed by atoms with Gasteiger partial charge in [0.05, 0.1) is 5.69 Å². The molecule has 0 radical (unpaired) electrons. The Morgan fingerprint density at radius 2 is 1.86 bits per heavy atom. The second-order valence-electron chi connectivity index (χ2n) is 7.68. The number of hydrogen-bond donors (Lipinski definition) is 1. The zero-order valence-electron chi connectivity index (χ0n) is 17.3. The summed E-state index contributed by atoms with van der Waals surface area (Å²) in [7, 11) is 0. The zero-order valence-corrected chi connectivity index (χ0v) is 17.3. The molecule has 1 N–H and O–H groups in total. The molecule has 152 valence electrons. The van der Waals surface area contributed by atoms with Crippen LogP contribution in [0.2, 0.25) is 0 Å². The van der Waals surface area contributed by atoms with Crippen LogP contribution in [0.25, 0.3) is 0 Å². The van der Waals surface area contributed by atoms with Gasteiger partial charge in [-0.2, -0.15) is 0 Å². The molecule has 0 bridgehead atoms. The molecule has 2 atom stereocenters. The van der Waals surface area contributed by atoms with Crippen LogP contribution in [0.15, 0.2) is 29.1 Å². The average molecular weight is 386 g/mol. The van der Waals surface area contributed by atoms with E-state index in [0.717, 1.165) is 22.8 Å². The minimum atomic E-state index is 0.0729. The lowest BCUT2D eigenvalue weighted by molar-refractivity contribution is 0.110. The molecule has 6 heteroatoms. The summed E-state index contributed by atoms with van der Waals surface area (Å²) in [5.74, 6) is 1.43. The van der Waals surface area contributed by atoms with Gasteiger partial charge in [0.25, 0.3) is 5.88 Å². The van der Waals surface area contributed by atoms with Gasteiger partial charge in [-0.1, -0.05) is 6.42 Å². The van der Waals surface area contributed by atoms with Gasteiger partial charge in [-0.25, -0.2) is 4.98 Å². The summed E-state index contributed by atoms with van der Waals surface area (Å²) in [6.07, 6.45) is 3.92. The third-order valence-electron chi connectivity index (χ3n) is 5.32. The summed E-state index contributed by atoms with van der Waals surface area (Å²) in [5, 5.41) is 0. The molecule has 0 aliphatic carbocycles. The average Bonchev–Trinajstić information content (AvgIpc) is 2.67. The van der Waals surface area contributed by atoms with Crippen LogP contribution in [-0.2, 0) is 0 Å². The first-order valence-electron chi connectivity index (χ1n) is 10.1. The number of hydrogen-bond acceptors (Lipinski definition) is 5. The van der Waals surface area contributed by atoms with Crippen molar-refractivity contribution >= 4 is 0 Å². The number of aromatic amines is 1. The van der Waals surface area contributed by atoms with Gasteiger partial charge in [0, 0.05) is 35.6 Å². The van der Waals surface area contributed by atoms with Gasteiger partial charge in [-0.3, -0.25) is 9.69 Å². The number of piperidine rings is 1. The molecule has 2 aliphatic heterocycles. The molecule has 2 aromatic heterocycles. The molecule has 6 nitrogen and oxygen atoms in total. The van der Waals surface area contributed by atoms with Crippen LogP contribution >= 0.6 is 0 Å². The monoisotopic (exact) mass is 385 g/mol. The van der Waals surface area contributed by atoms with Crippen molar-refractivity contribution in [1.29, 1.82) is 0 Å². The summed E-state index contributed by atoms with van der Waals surface area (Å²) < 4.78 is 11.1. The third-order valence-corrected chi connectivity index (χ3v) is 5.32. The van der Waals surface area contributed by atoms with Crippen molar-refractivity contribution in [2.45, 2.75) is 59.0 Å². The minimum absolute atomic E-state index is 0.0729. The van der Waals surface area contributed by atoms with Gasteiger partial charge >= 0.3 is 0 Å². The Kier molecular flexibility index (Phi) is 6.73. The molecule has 0 saturated carbocycles. The molecule has 1 unspecified atom stereocenters. The fourth-order valence-electron chi connectivity index (χ4n) is 3.90. The summed E-state index contributed by atoms with van der Waals surface area (Å²) in [4.78, 5) is 20.9. The van der Waals surface area contributed by atoms with Crippen molar-refractivity contribution in [1.82, 2.24) is 14.9 Å². The van der Waals surface area contributed by atoms with Crippen molar-refractivity contribution < 1.29 is 9.47 Å². The molecule has 2 aromatic rings. The molecule has 4 rings (SSSR count). The van der Waals surface area contributed by atoms with Crippen LogP contribution in [0.1, 0.15) is 56.2 Å². The van der Waals surface area contributed by atoms with Crippen LogP contribution in [-0.4, -0.2) is 40.7 Å². The zero-order chi connectivity index (χ0) is 20.1. The van der Waals surface area contributed by atoms with Crippen LogP contribution < -0.4 is 14.9 Å². The van der Waals surface area contributed by atoms with Crippen molar-refractivity contribution in [2.75, 3.05) is 19.8 Å². The Bertz CT molecular complexity index is 826. The highest BCUT2D eigenvalue weighted by molar-refractivity contribution is 5.36. The number of aryl methyl sites for hydroxylation is 2. The SMILES string of the molecule is CC(c1ccc2c(n1)OCCO2)N1CCCC[C@H]1C.Cc1cc(=O)cc(C)[nH]1. The van der Waals surface area contributed by atoms with Crippen LogP contribution in [0, 0.1) is 13.8 Å². The molecular formula is C22H31N3O3. The lowest BCUT2D eigenvalue weighted by Gasteiger charge is -2.37. The van der Waals surface area contributed by atoms with E-state index in [4.69, 9.17) is 9.47 Å². The van der Waals surface area contributed by atoms with Crippen molar-refractivity contribution in [2.24, 2.45) is 0 Å². The summed E-state index contributed by atoms with van der Waals surface area (Å²) in [6.45, 7) is 10.7. The fraction of sp³-hybridized carbons (Fsp3) is 0.545. The van der Waals surface area contributed by atoms with Crippen molar-refractivity contribution in [3.63, 3.8) is 0 Å². The molecular weight excluding hydrogens is 354 g/mol. The number of rotatable bonds is 2. The largest absolute Gasteiger partial charge is 0.484 e. The predicted octanol–water partition coefficient (Wildman–Crippen LogP) is 3.78.